The number of nitrogens with zero attached hydrogens (tertiary/aromatic N) is 1. The van der Waals surface area contributed by atoms with Crippen LogP contribution in [0.5, 0.6) is 0 Å². The van der Waals surface area contributed by atoms with Gasteiger partial charge in [0.2, 0.25) is 0 Å². The molecule has 1 aliphatic rings. The van der Waals surface area contributed by atoms with Crippen LogP contribution in [-0.2, 0) is 6.18 Å². The summed E-state index contributed by atoms with van der Waals surface area (Å²) >= 11 is 5.65. The molecule has 0 spiro atoms. The third-order valence-corrected chi connectivity index (χ3v) is 3.88. The van der Waals surface area contributed by atoms with Gasteiger partial charge in [-0.2, -0.15) is 26.3 Å². The van der Waals surface area contributed by atoms with Crippen LogP contribution in [0.15, 0.2) is 18.2 Å². The smallest absolute Gasteiger partial charge is 0.314 e. The summed E-state index contributed by atoms with van der Waals surface area (Å²) in [7, 11) is 0. The second-order valence-electron chi connectivity index (χ2n) is 4.94. The normalized spacial score (nSPS) is 18.4. The monoisotopic (exact) mass is 382 g/mol. The van der Waals surface area contributed by atoms with E-state index in [1.54, 1.807) is 0 Å². The van der Waals surface area contributed by atoms with Gasteiger partial charge >= 0.3 is 12.4 Å². The van der Waals surface area contributed by atoms with Gasteiger partial charge in [-0.1, -0.05) is 23.7 Å². The van der Waals surface area contributed by atoms with Gasteiger partial charge in [0.15, 0.2) is 0 Å². The van der Waals surface area contributed by atoms with Crippen LogP contribution in [0.4, 0.5) is 26.3 Å². The van der Waals surface area contributed by atoms with E-state index in [2.05, 4.69) is 5.32 Å². The highest BCUT2D eigenvalue weighted by atomic mass is 35.5. The van der Waals surface area contributed by atoms with Crippen molar-refractivity contribution in [2.75, 3.05) is 26.2 Å². The van der Waals surface area contributed by atoms with Crippen LogP contribution in [0.3, 0.4) is 0 Å². The van der Waals surface area contributed by atoms with Crippen molar-refractivity contribution in [3.05, 3.63) is 34.3 Å². The first kappa shape index (κ1) is 20.3. The highest BCUT2D eigenvalue weighted by Gasteiger charge is 2.47. The summed E-state index contributed by atoms with van der Waals surface area (Å²) in [6, 6.07) is 0.476. The van der Waals surface area contributed by atoms with Crippen LogP contribution in [0.2, 0.25) is 5.02 Å². The Balaban J connectivity index is 0.00000264. The summed E-state index contributed by atoms with van der Waals surface area (Å²) in [4.78, 5) is 1.10. The van der Waals surface area contributed by atoms with E-state index in [0.29, 0.717) is 19.2 Å². The topological polar surface area (TPSA) is 15.3 Å². The van der Waals surface area contributed by atoms with Crippen molar-refractivity contribution in [1.82, 2.24) is 10.2 Å². The highest BCUT2D eigenvalue weighted by molar-refractivity contribution is 6.32. The number of alkyl halides is 6. The Labute approximate surface area is 140 Å². The molecule has 0 aliphatic carbocycles. The number of hydrogen-bond donors (Lipinski definition) is 1. The molecule has 1 aromatic rings. The molecular weight excluding hydrogens is 369 g/mol. The summed E-state index contributed by atoms with van der Waals surface area (Å²) in [5.74, 6) is 0. The first-order valence-corrected chi connectivity index (χ1v) is 6.87. The van der Waals surface area contributed by atoms with Crippen molar-refractivity contribution in [1.29, 1.82) is 0 Å². The predicted molar refractivity (Wildman–Crippen MR) is 76.9 cm³/mol. The average Bonchev–Trinajstić information content (AvgIpc) is 2.39. The van der Waals surface area contributed by atoms with Gasteiger partial charge in [0.05, 0.1) is 10.6 Å². The maximum absolute atomic E-state index is 13.4. The van der Waals surface area contributed by atoms with E-state index >= 15 is 0 Å². The Morgan fingerprint density at radius 3 is 2.09 bits per heavy atom. The van der Waals surface area contributed by atoms with Crippen LogP contribution in [-0.4, -0.2) is 37.3 Å². The van der Waals surface area contributed by atoms with Gasteiger partial charge in [0.1, 0.15) is 6.04 Å². The second-order valence-corrected chi connectivity index (χ2v) is 5.31. The van der Waals surface area contributed by atoms with Gasteiger partial charge in [-0.3, -0.25) is 4.90 Å². The summed E-state index contributed by atoms with van der Waals surface area (Å²) in [6.45, 7) is 0.833. The minimum absolute atomic E-state index is 0. The van der Waals surface area contributed by atoms with Crippen molar-refractivity contribution in [3.63, 3.8) is 0 Å². The minimum atomic E-state index is -4.80. The van der Waals surface area contributed by atoms with E-state index in [4.69, 9.17) is 11.6 Å². The maximum atomic E-state index is 13.4. The zero-order valence-corrected chi connectivity index (χ0v) is 13.2. The van der Waals surface area contributed by atoms with E-state index in [-0.39, 0.29) is 25.5 Å². The van der Waals surface area contributed by atoms with Gasteiger partial charge in [0.25, 0.3) is 0 Å². The summed E-state index contributed by atoms with van der Waals surface area (Å²) in [5, 5.41) is 2.01. The van der Waals surface area contributed by atoms with Crippen LogP contribution in [0.25, 0.3) is 0 Å². The number of hydrogen-bond acceptors (Lipinski definition) is 2. The molecule has 1 aromatic carbocycles. The fourth-order valence-corrected chi connectivity index (χ4v) is 2.84. The number of nitrogens with one attached hydrogen (secondary N) is 1. The zero-order chi connectivity index (χ0) is 16.5. The fourth-order valence-electron chi connectivity index (χ4n) is 2.50. The molecule has 0 amide bonds. The fraction of sp³-hybridized carbons (Fsp3) is 0.538. The molecule has 132 valence electrons. The van der Waals surface area contributed by atoms with Crippen LogP contribution in [0, 0.1) is 0 Å². The molecule has 2 rings (SSSR count). The van der Waals surface area contributed by atoms with Gasteiger partial charge < -0.3 is 5.32 Å². The predicted octanol–water partition coefficient (Wildman–Crippen LogP) is 4.29. The SMILES string of the molecule is Cl.FC(F)(F)c1cccc([C@H](N2CCNCC2)C(F)(F)F)c1Cl. The van der Waals surface area contributed by atoms with E-state index in [0.717, 1.165) is 17.0 Å². The Morgan fingerprint density at radius 2 is 1.61 bits per heavy atom. The molecular formula is C13H14Cl2F6N2. The standard InChI is InChI=1S/C13H13ClF6N2.ClH/c14-10-8(2-1-3-9(10)12(15,16)17)11(13(18,19)20)22-6-4-21-5-7-22;/h1-3,11,21H,4-7H2;1H/t11-;/m0./s1. The van der Waals surface area contributed by atoms with Crippen LogP contribution < -0.4 is 5.32 Å². The molecule has 1 fully saturated rings. The van der Waals surface area contributed by atoms with Crippen molar-refractivity contribution in [3.8, 4) is 0 Å². The van der Waals surface area contributed by atoms with Gasteiger partial charge in [-0.05, 0) is 11.6 Å². The Bertz CT molecular complexity index is 526. The molecule has 1 aliphatic heterocycles. The molecule has 10 heteroatoms. The van der Waals surface area contributed by atoms with Gasteiger partial charge in [-0.25, -0.2) is 0 Å². The van der Waals surface area contributed by atoms with E-state index in [1.165, 1.54) is 0 Å². The molecule has 0 unspecified atom stereocenters. The third-order valence-electron chi connectivity index (χ3n) is 3.46. The van der Waals surface area contributed by atoms with E-state index < -0.39 is 34.5 Å². The average molecular weight is 383 g/mol. The van der Waals surface area contributed by atoms with Crippen molar-refractivity contribution in [2.24, 2.45) is 0 Å². The Morgan fingerprint density at radius 1 is 1.04 bits per heavy atom. The lowest BCUT2D eigenvalue weighted by molar-refractivity contribution is -0.188. The Kier molecular flexibility index (Phi) is 6.60. The molecule has 1 heterocycles. The maximum Gasteiger partial charge on any atom is 0.417 e. The molecule has 1 N–H and O–H groups in total. The number of piperazine rings is 1. The largest absolute Gasteiger partial charge is 0.417 e. The Hall–Kier alpha value is -0.700. The van der Waals surface area contributed by atoms with E-state index in [9.17, 15) is 26.3 Å². The third kappa shape index (κ3) is 4.65. The molecule has 2 nitrogen and oxygen atoms in total. The minimum Gasteiger partial charge on any atom is -0.314 e. The lowest BCUT2D eigenvalue weighted by Gasteiger charge is -2.36. The van der Waals surface area contributed by atoms with Crippen LogP contribution in [0.1, 0.15) is 17.2 Å². The van der Waals surface area contributed by atoms with Gasteiger partial charge in [-0.15, -0.1) is 12.4 Å². The van der Waals surface area contributed by atoms with Crippen LogP contribution >= 0.6 is 24.0 Å². The van der Waals surface area contributed by atoms with Crippen molar-refractivity contribution >= 4 is 24.0 Å². The molecule has 1 saturated heterocycles. The van der Waals surface area contributed by atoms with E-state index in [1.807, 2.05) is 0 Å². The second kappa shape index (κ2) is 7.46. The molecule has 0 bridgehead atoms. The molecule has 1 atom stereocenters. The first-order valence-electron chi connectivity index (χ1n) is 6.49. The first-order chi connectivity index (χ1) is 10.1. The summed E-state index contributed by atoms with van der Waals surface area (Å²) in [6.07, 6.45) is -9.52. The molecule has 0 radical (unpaired) electrons. The quantitative estimate of drug-likeness (QED) is 0.767. The molecule has 0 aromatic heterocycles. The highest BCUT2D eigenvalue weighted by Crippen LogP contribution is 2.44. The lowest BCUT2D eigenvalue weighted by Crippen LogP contribution is -2.49. The molecule has 0 saturated carbocycles. The molecule has 23 heavy (non-hydrogen) atoms. The number of benzene rings is 1. The van der Waals surface area contributed by atoms with Gasteiger partial charge in [0, 0.05) is 26.2 Å². The zero-order valence-electron chi connectivity index (χ0n) is 11.6. The number of rotatable bonds is 2. The number of halogens is 8. The van der Waals surface area contributed by atoms with Crippen molar-refractivity contribution < 1.29 is 26.3 Å². The lowest BCUT2D eigenvalue weighted by atomic mass is 10.0. The summed E-state index contributed by atoms with van der Waals surface area (Å²) < 4.78 is 78.7. The van der Waals surface area contributed by atoms with Crippen molar-refractivity contribution in [2.45, 2.75) is 18.4 Å². The summed E-state index contributed by atoms with van der Waals surface area (Å²) in [5.41, 5.74) is -1.82.